The first kappa shape index (κ1) is 13.9. The molecular weight excluding hydrogens is 220 g/mol. The SMILES string of the molecule is CC#CCCN1CC2(CCCCC2)NCC1CC. The molecule has 0 amide bonds. The van der Waals surface area contributed by atoms with Crippen LogP contribution in [0, 0.1) is 11.8 Å². The smallest absolute Gasteiger partial charge is 0.0309 e. The van der Waals surface area contributed by atoms with Gasteiger partial charge in [-0.25, -0.2) is 0 Å². The fraction of sp³-hybridized carbons (Fsp3) is 0.875. The Balaban J connectivity index is 1.95. The summed E-state index contributed by atoms with van der Waals surface area (Å²) in [5, 5.41) is 3.88. The second kappa shape index (κ2) is 6.59. The van der Waals surface area contributed by atoms with Crippen molar-refractivity contribution in [2.45, 2.75) is 70.4 Å². The Morgan fingerprint density at radius 3 is 2.72 bits per heavy atom. The molecule has 2 fully saturated rings. The quantitative estimate of drug-likeness (QED) is 0.773. The molecule has 1 spiro atoms. The van der Waals surface area contributed by atoms with Gasteiger partial charge < -0.3 is 5.32 Å². The van der Waals surface area contributed by atoms with Crippen LogP contribution in [0.3, 0.4) is 0 Å². The Kier molecular flexibility index (Phi) is 5.09. The van der Waals surface area contributed by atoms with Gasteiger partial charge >= 0.3 is 0 Å². The standard InChI is InChI=1S/C16H28N2/c1-3-5-9-12-18-14-16(10-7-6-8-11-16)17-13-15(18)4-2/h15,17H,4,6-14H2,1-2H3. The molecule has 0 aromatic carbocycles. The molecule has 1 N–H and O–H groups in total. The Morgan fingerprint density at radius 2 is 2.06 bits per heavy atom. The Bertz CT molecular complexity index is 307. The van der Waals surface area contributed by atoms with Crippen molar-refractivity contribution in [1.82, 2.24) is 10.2 Å². The van der Waals surface area contributed by atoms with Gasteiger partial charge in [0.25, 0.3) is 0 Å². The highest BCUT2D eigenvalue weighted by atomic mass is 15.3. The lowest BCUT2D eigenvalue weighted by atomic mass is 9.79. The molecule has 1 heterocycles. The number of hydrogen-bond donors (Lipinski definition) is 1. The summed E-state index contributed by atoms with van der Waals surface area (Å²) in [6.45, 7) is 7.83. The minimum Gasteiger partial charge on any atom is -0.308 e. The van der Waals surface area contributed by atoms with Crippen molar-refractivity contribution in [3.63, 3.8) is 0 Å². The van der Waals surface area contributed by atoms with Crippen LogP contribution in [0.5, 0.6) is 0 Å². The fourth-order valence-corrected chi connectivity index (χ4v) is 3.59. The summed E-state index contributed by atoms with van der Waals surface area (Å²) < 4.78 is 0. The first-order chi connectivity index (χ1) is 8.79. The van der Waals surface area contributed by atoms with E-state index in [0.29, 0.717) is 5.54 Å². The van der Waals surface area contributed by atoms with Gasteiger partial charge in [0, 0.05) is 37.6 Å². The van der Waals surface area contributed by atoms with Crippen LogP contribution in [-0.4, -0.2) is 36.1 Å². The molecule has 1 saturated carbocycles. The molecule has 1 aliphatic carbocycles. The highest BCUT2D eigenvalue weighted by Gasteiger charge is 2.38. The molecule has 2 nitrogen and oxygen atoms in total. The maximum Gasteiger partial charge on any atom is 0.0309 e. The van der Waals surface area contributed by atoms with Crippen LogP contribution in [0.25, 0.3) is 0 Å². The van der Waals surface area contributed by atoms with Crippen molar-refractivity contribution in [2.24, 2.45) is 0 Å². The summed E-state index contributed by atoms with van der Waals surface area (Å²) in [6, 6.07) is 0.719. The predicted molar refractivity (Wildman–Crippen MR) is 77.5 cm³/mol. The molecule has 18 heavy (non-hydrogen) atoms. The molecule has 0 bridgehead atoms. The number of nitrogens with one attached hydrogen (secondary N) is 1. The lowest BCUT2D eigenvalue weighted by Gasteiger charge is -2.49. The zero-order valence-corrected chi connectivity index (χ0v) is 12.1. The molecule has 1 unspecified atom stereocenters. The lowest BCUT2D eigenvalue weighted by Crippen LogP contribution is -2.64. The molecule has 0 aromatic heterocycles. The van der Waals surface area contributed by atoms with E-state index >= 15 is 0 Å². The van der Waals surface area contributed by atoms with Gasteiger partial charge in [-0.15, -0.1) is 11.8 Å². The molecule has 1 atom stereocenters. The average Bonchev–Trinajstić information content (AvgIpc) is 2.40. The van der Waals surface area contributed by atoms with E-state index in [9.17, 15) is 0 Å². The molecule has 2 aliphatic rings. The van der Waals surface area contributed by atoms with E-state index in [0.717, 1.165) is 19.0 Å². The van der Waals surface area contributed by atoms with Gasteiger partial charge in [0.05, 0.1) is 0 Å². The number of piperazine rings is 1. The molecule has 2 rings (SSSR count). The lowest BCUT2D eigenvalue weighted by molar-refractivity contribution is 0.0558. The highest BCUT2D eigenvalue weighted by molar-refractivity contribution is 5.01. The molecule has 1 saturated heterocycles. The third kappa shape index (κ3) is 3.28. The summed E-state index contributed by atoms with van der Waals surface area (Å²) in [4.78, 5) is 2.70. The first-order valence-corrected chi connectivity index (χ1v) is 7.68. The van der Waals surface area contributed by atoms with Gasteiger partial charge in [-0.3, -0.25) is 4.90 Å². The number of hydrogen-bond acceptors (Lipinski definition) is 2. The van der Waals surface area contributed by atoms with Crippen molar-refractivity contribution in [3.05, 3.63) is 0 Å². The maximum absolute atomic E-state index is 3.88. The Morgan fingerprint density at radius 1 is 1.28 bits per heavy atom. The second-order valence-corrected chi connectivity index (χ2v) is 5.93. The van der Waals surface area contributed by atoms with Crippen LogP contribution < -0.4 is 5.32 Å². The van der Waals surface area contributed by atoms with E-state index in [1.807, 2.05) is 6.92 Å². The Labute approximate surface area is 113 Å². The summed E-state index contributed by atoms with van der Waals surface area (Å²) in [6.07, 6.45) is 9.28. The minimum atomic E-state index is 0.434. The highest BCUT2D eigenvalue weighted by Crippen LogP contribution is 2.32. The third-order valence-corrected chi connectivity index (χ3v) is 4.72. The molecule has 0 radical (unpaired) electrons. The summed E-state index contributed by atoms with van der Waals surface area (Å²) in [5.74, 6) is 6.24. The van der Waals surface area contributed by atoms with Crippen molar-refractivity contribution in [1.29, 1.82) is 0 Å². The van der Waals surface area contributed by atoms with E-state index in [-0.39, 0.29) is 0 Å². The van der Waals surface area contributed by atoms with Crippen LogP contribution in [0.2, 0.25) is 0 Å². The largest absolute Gasteiger partial charge is 0.308 e. The van der Waals surface area contributed by atoms with Crippen molar-refractivity contribution in [2.75, 3.05) is 19.6 Å². The molecule has 1 aliphatic heterocycles. The van der Waals surface area contributed by atoms with Crippen LogP contribution in [0.1, 0.15) is 58.8 Å². The monoisotopic (exact) mass is 248 g/mol. The van der Waals surface area contributed by atoms with Crippen LogP contribution in [0.15, 0.2) is 0 Å². The average molecular weight is 248 g/mol. The number of rotatable bonds is 3. The minimum absolute atomic E-state index is 0.434. The second-order valence-electron chi connectivity index (χ2n) is 5.93. The van der Waals surface area contributed by atoms with Gasteiger partial charge in [-0.1, -0.05) is 26.2 Å². The number of nitrogens with zero attached hydrogens (tertiary/aromatic N) is 1. The van der Waals surface area contributed by atoms with Gasteiger partial charge in [0.15, 0.2) is 0 Å². The Hall–Kier alpha value is -0.520. The van der Waals surface area contributed by atoms with Crippen molar-refractivity contribution in [3.8, 4) is 11.8 Å². The van der Waals surface area contributed by atoms with E-state index in [4.69, 9.17) is 0 Å². The molecule has 102 valence electrons. The first-order valence-electron chi connectivity index (χ1n) is 7.68. The van der Waals surface area contributed by atoms with Crippen molar-refractivity contribution >= 4 is 0 Å². The zero-order valence-electron chi connectivity index (χ0n) is 12.1. The van der Waals surface area contributed by atoms with Crippen LogP contribution in [-0.2, 0) is 0 Å². The predicted octanol–water partition coefficient (Wildman–Crippen LogP) is 2.79. The molecular formula is C16H28N2. The van der Waals surface area contributed by atoms with Gasteiger partial charge in [0.2, 0.25) is 0 Å². The molecule has 2 heteroatoms. The van der Waals surface area contributed by atoms with Crippen molar-refractivity contribution < 1.29 is 0 Å². The van der Waals surface area contributed by atoms with Crippen LogP contribution >= 0.6 is 0 Å². The summed E-state index contributed by atoms with van der Waals surface area (Å²) in [7, 11) is 0. The zero-order chi connectivity index (χ0) is 12.8. The summed E-state index contributed by atoms with van der Waals surface area (Å²) in [5.41, 5.74) is 0.434. The van der Waals surface area contributed by atoms with E-state index in [1.165, 1.54) is 51.6 Å². The maximum atomic E-state index is 3.88. The normalized spacial score (nSPS) is 27.8. The molecule has 0 aromatic rings. The van der Waals surface area contributed by atoms with Crippen LogP contribution in [0.4, 0.5) is 0 Å². The van der Waals surface area contributed by atoms with Gasteiger partial charge in [-0.2, -0.15) is 0 Å². The van der Waals surface area contributed by atoms with E-state index in [1.54, 1.807) is 0 Å². The third-order valence-electron chi connectivity index (χ3n) is 4.72. The van der Waals surface area contributed by atoms with E-state index in [2.05, 4.69) is 29.0 Å². The topological polar surface area (TPSA) is 15.3 Å². The van der Waals surface area contributed by atoms with E-state index < -0.39 is 0 Å². The van der Waals surface area contributed by atoms with Gasteiger partial charge in [-0.05, 0) is 26.2 Å². The fourth-order valence-electron chi connectivity index (χ4n) is 3.59. The summed E-state index contributed by atoms with van der Waals surface area (Å²) >= 11 is 0. The van der Waals surface area contributed by atoms with Gasteiger partial charge in [0.1, 0.15) is 0 Å².